The van der Waals surface area contributed by atoms with Gasteiger partial charge < -0.3 is 9.84 Å². The molecule has 1 N–H and O–H groups in total. The van der Waals surface area contributed by atoms with E-state index in [0.29, 0.717) is 11.7 Å². The van der Waals surface area contributed by atoms with E-state index in [2.05, 4.69) is 38.1 Å². The quantitative estimate of drug-likeness (QED) is 0.506. The number of hydrogen-bond acceptors (Lipinski definition) is 2. The Bertz CT molecular complexity index is 659. The highest BCUT2D eigenvalue weighted by Gasteiger charge is 2.05. The topological polar surface area (TPSA) is 46.5 Å². The maximum absolute atomic E-state index is 10.9. The van der Waals surface area contributed by atoms with Crippen molar-refractivity contribution in [2.75, 3.05) is 6.61 Å². The SMILES string of the molecule is CCCCCCOC(C)CCc1ccc(-c2ccc(C(=O)O)cc2)cc1. The summed E-state index contributed by atoms with van der Waals surface area (Å²) in [4.78, 5) is 10.9. The molecule has 0 saturated carbocycles. The fraction of sp³-hybridized carbons (Fsp3) is 0.435. The minimum atomic E-state index is -0.895. The van der Waals surface area contributed by atoms with E-state index in [0.717, 1.165) is 37.0 Å². The molecule has 0 aliphatic rings. The molecule has 140 valence electrons. The largest absolute Gasteiger partial charge is 0.478 e. The first-order valence-corrected chi connectivity index (χ1v) is 9.64. The summed E-state index contributed by atoms with van der Waals surface area (Å²) in [6.45, 7) is 5.24. The number of benzene rings is 2. The van der Waals surface area contributed by atoms with E-state index in [1.807, 2.05) is 12.1 Å². The third kappa shape index (κ3) is 6.64. The molecule has 3 nitrogen and oxygen atoms in total. The van der Waals surface area contributed by atoms with Gasteiger partial charge in [0.2, 0.25) is 0 Å². The van der Waals surface area contributed by atoms with Crippen molar-refractivity contribution in [3.63, 3.8) is 0 Å². The summed E-state index contributed by atoms with van der Waals surface area (Å²) in [5.41, 5.74) is 3.75. The van der Waals surface area contributed by atoms with Crippen molar-refractivity contribution in [2.24, 2.45) is 0 Å². The highest BCUT2D eigenvalue weighted by molar-refractivity contribution is 5.88. The van der Waals surface area contributed by atoms with E-state index in [1.165, 1.54) is 24.8 Å². The molecule has 2 aromatic rings. The molecule has 1 unspecified atom stereocenters. The Morgan fingerprint density at radius 2 is 1.58 bits per heavy atom. The molecule has 3 heteroatoms. The van der Waals surface area contributed by atoms with Gasteiger partial charge in [0, 0.05) is 6.61 Å². The average molecular weight is 354 g/mol. The van der Waals surface area contributed by atoms with Crippen LogP contribution in [0.1, 0.15) is 61.9 Å². The van der Waals surface area contributed by atoms with Crippen molar-refractivity contribution < 1.29 is 14.6 Å². The molecule has 1 atom stereocenters. The molecule has 0 saturated heterocycles. The summed E-state index contributed by atoms with van der Waals surface area (Å²) in [6, 6.07) is 15.5. The summed E-state index contributed by atoms with van der Waals surface area (Å²) < 4.78 is 5.89. The molecule has 0 aliphatic carbocycles. The van der Waals surface area contributed by atoms with Crippen molar-refractivity contribution in [2.45, 2.75) is 58.5 Å². The molecule has 0 spiro atoms. The average Bonchev–Trinajstić information content (AvgIpc) is 2.66. The van der Waals surface area contributed by atoms with Gasteiger partial charge in [-0.1, -0.05) is 62.6 Å². The van der Waals surface area contributed by atoms with Crippen LogP contribution in [0.25, 0.3) is 11.1 Å². The van der Waals surface area contributed by atoms with Crippen molar-refractivity contribution in [3.05, 3.63) is 59.7 Å². The summed E-state index contributed by atoms with van der Waals surface area (Å²) in [7, 11) is 0. The number of aryl methyl sites for hydroxylation is 1. The maximum Gasteiger partial charge on any atom is 0.335 e. The summed E-state index contributed by atoms with van der Waals surface area (Å²) in [5, 5.41) is 8.97. The number of carboxylic acid groups (broad SMARTS) is 1. The van der Waals surface area contributed by atoms with Gasteiger partial charge in [-0.2, -0.15) is 0 Å². The number of unbranched alkanes of at least 4 members (excludes halogenated alkanes) is 3. The Balaban J connectivity index is 1.79. The number of ether oxygens (including phenoxy) is 1. The summed E-state index contributed by atoms with van der Waals surface area (Å²) >= 11 is 0. The maximum atomic E-state index is 10.9. The van der Waals surface area contributed by atoms with Gasteiger partial charge in [-0.3, -0.25) is 0 Å². The van der Waals surface area contributed by atoms with Crippen LogP contribution in [-0.2, 0) is 11.2 Å². The minimum absolute atomic E-state index is 0.292. The van der Waals surface area contributed by atoms with E-state index in [1.54, 1.807) is 12.1 Å². The lowest BCUT2D eigenvalue weighted by Crippen LogP contribution is -2.10. The third-order valence-corrected chi connectivity index (χ3v) is 4.66. The van der Waals surface area contributed by atoms with Crippen LogP contribution in [0.4, 0.5) is 0 Å². The van der Waals surface area contributed by atoms with Crippen molar-refractivity contribution in [3.8, 4) is 11.1 Å². The second-order valence-electron chi connectivity index (χ2n) is 6.86. The van der Waals surface area contributed by atoms with Crippen LogP contribution < -0.4 is 0 Å². The van der Waals surface area contributed by atoms with Gasteiger partial charge in [-0.05, 0) is 55.0 Å². The Hall–Kier alpha value is -2.13. The molecule has 26 heavy (non-hydrogen) atoms. The molecule has 2 rings (SSSR count). The van der Waals surface area contributed by atoms with Gasteiger partial charge in [0.05, 0.1) is 11.7 Å². The highest BCUT2D eigenvalue weighted by atomic mass is 16.5. The van der Waals surface area contributed by atoms with Crippen molar-refractivity contribution in [1.29, 1.82) is 0 Å². The first-order valence-electron chi connectivity index (χ1n) is 9.64. The number of carbonyl (C=O) groups is 1. The van der Waals surface area contributed by atoms with Crippen LogP contribution in [0.2, 0.25) is 0 Å². The zero-order valence-electron chi connectivity index (χ0n) is 15.9. The van der Waals surface area contributed by atoms with Crippen LogP contribution in [-0.4, -0.2) is 23.8 Å². The van der Waals surface area contributed by atoms with Crippen LogP contribution in [0, 0.1) is 0 Å². The van der Waals surface area contributed by atoms with E-state index < -0.39 is 5.97 Å². The minimum Gasteiger partial charge on any atom is -0.478 e. The molecule has 2 aromatic carbocycles. The number of aromatic carboxylic acids is 1. The zero-order chi connectivity index (χ0) is 18.8. The lowest BCUT2D eigenvalue weighted by Gasteiger charge is -2.13. The zero-order valence-corrected chi connectivity index (χ0v) is 15.9. The first-order chi connectivity index (χ1) is 12.6. The summed E-state index contributed by atoms with van der Waals surface area (Å²) in [6.07, 6.45) is 7.30. The Labute approximate surface area is 157 Å². The van der Waals surface area contributed by atoms with E-state index in [-0.39, 0.29) is 0 Å². The first kappa shape index (κ1) is 20.2. The van der Waals surface area contributed by atoms with Crippen LogP contribution in [0.3, 0.4) is 0 Å². The molecule has 0 aliphatic heterocycles. The van der Waals surface area contributed by atoms with Crippen molar-refractivity contribution >= 4 is 5.97 Å². The lowest BCUT2D eigenvalue weighted by atomic mass is 10.0. The standard InChI is InChI=1S/C23H30O3/c1-3-4-5-6-17-26-18(2)7-8-19-9-11-20(12-10-19)21-13-15-22(16-14-21)23(24)25/h9-16,18H,3-8,17H2,1-2H3,(H,24,25). The van der Waals surface area contributed by atoms with Gasteiger partial charge in [-0.15, -0.1) is 0 Å². The fourth-order valence-corrected chi connectivity index (χ4v) is 2.94. The monoisotopic (exact) mass is 354 g/mol. The van der Waals surface area contributed by atoms with Gasteiger partial charge in [0.15, 0.2) is 0 Å². The predicted molar refractivity (Wildman–Crippen MR) is 107 cm³/mol. The normalized spacial score (nSPS) is 12.1. The third-order valence-electron chi connectivity index (χ3n) is 4.66. The van der Waals surface area contributed by atoms with Gasteiger partial charge >= 0.3 is 5.97 Å². The van der Waals surface area contributed by atoms with Crippen LogP contribution in [0.15, 0.2) is 48.5 Å². The molecule has 0 radical (unpaired) electrons. The fourth-order valence-electron chi connectivity index (χ4n) is 2.94. The summed E-state index contributed by atoms with van der Waals surface area (Å²) in [5.74, 6) is -0.895. The molecule has 0 fully saturated rings. The van der Waals surface area contributed by atoms with Gasteiger partial charge in [0.25, 0.3) is 0 Å². The number of hydrogen-bond donors (Lipinski definition) is 1. The molecule has 0 heterocycles. The van der Waals surface area contributed by atoms with Gasteiger partial charge in [-0.25, -0.2) is 4.79 Å². The Kier molecular flexibility index (Phi) is 8.36. The Morgan fingerprint density at radius 3 is 2.15 bits per heavy atom. The van der Waals surface area contributed by atoms with E-state index >= 15 is 0 Å². The number of rotatable bonds is 11. The predicted octanol–water partition coefficient (Wildman–Crippen LogP) is 5.97. The lowest BCUT2D eigenvalue weighted by molar-refractivity contribution is 0.0577. The van der Waals surface area contributed by atoms with Crippen LogP contribution in [0.5, 0.6) is 0 Å². The molecular weight excluding hydrogens is 324 g/mol. The second-order valence-corrected chi connectivity index (χ2v) is 6.86. The molecule has 0 amide bonds. The van der Waals surface area contributed by atoms with E-state index in [4.69, 9.17) is 9.84 Å². The smallest absolute Gasteiger partial charge is 0.335 e. The molecule has 0 aromatic heterocycles. The molecular formula is C23H30O3. The van der Waals surface area contributed by atoms with Crippen molar-refractivity contribution in [1.82, 2.24) is 0 Å². The van der Waals surface area contributed by atoms with E-state index in [9.17, 15) is 4.79 Å². The van der Waals surface area contributed by atoms with Gasteiger partial charge in [0.1, 0.15) is 0 Å². The molecule has 0 bridgehead atoms. The second kappa shape index (κ2) is 10.8. The van der Waals surface area contributed by atoms with Crippen LogP contribution >= 0.6 is 0 Å². The highest BCUT2D eigenvalue weighted by Crippen LogP contribution is 2.21. The number of carboxylic acids is 1. The Morgan fingerprint density at radius 1 is 0.962 bits per heavy atom.